The standard InChI is InChI=1S/C17H19NO3/c1-4-14-6-5-7-16(18(19)20)15(14)11-21-17-9-8-12(2)10-13(17)3/h5-10H,4,11H2,1-3H3. The zero-order chi connectivity index (χ0) is 15.4. The fourth-order valence-corrected chi connectivity index (χ4v) is 2.40. The predicted molar refractivity (Wildman–Crippen MR) is 82.7 cm³/mol. The van der Waals surface area contributed by atoms with Gasteiger partial charge in [0.2, 0.25) is 0 Å². The predicted octanol–water partition coefficient (Wildman–Crippen LogP) is 4.35. The van der Waals surface area contributed by atoms with Crippen LogP contribution in [0, 0.1) is 24.0 Å². The Morgan fingerprint density at radius 1 is 1.19 bits per heavy atom. The first-order valence-electron chi connectivity index (χ1n) is 6.98. The summed E-state index contributed by atoms with van der Waals surface area (Å²) in [5.41, 5.74) is 3.93. The molecule has 0 aromatic heterocycles. The first-order valence-corrected chi connectivity index (χ1v) is 6.98. The first kappa shape index (κ1) is 15.0. The van der Waals surface area contributed by atoms with Gasteiger partial charge in [-0.25, -0.2) is 0 Å². The van der Waals surface area contributed by atoms with Crippen molar-refractivity contribution in [1.82, 2.24) is 0 Å². The van der Waals surface area contributed by atoms with Crippen molar-refractivity contribution in [2.45, 2.75) is 33.8 Å². The molecular weight excluding hydrogens is 266 g/mol. The fraction of sp³-hybridized carbons (Fsp3) is 0.294. The van der Waals surface area contributed by atoms with Gasteiger partial charge < -0.3 is 4.74 Å². The van der Waals surface area contributed by atoms with Crippen molar-refractivity contribution in [3.8, 4) is 5.75 Å². The van der Waals surface area contributed by atoms with Gasteiger partial charge in [-0.2, -0.15) is 0 Å². The molecule has 110 valence electrons. The van der Waals surface area contributed by atoms with Gasteiger partial charge in [0.05, 0.1) is 10.5 Å². The molecule has 4 nitrogen and oxygen atoms in total. The number of aryl methyl sites for hydroxylation is 3. The summed E-state index contributed by atoms with van der Waals surface area (Å²) in [7, 11) is 0. The van der Waals surface area contributed by atoms with Gasteiger partial charge in [0.15, 0.2) is 0 Å². The average Bonchev–Trinajstić information content (AvgIpc) is 2.45. The highest BCUT2D eigenvalue weighted by Gasteiger charge is 2.17. The first-order chi connectivity index (χ1) is 10.0. The van der Waals surface area contributed by atoms with Crippen LogP contribution in [-0.4, -0.2) is 4.92 Å². The zero-order valence-corrected chi connectivity index (χ0v) is 12.6. The molecule has 2 rings (SSSR count). The van der Waals surface area contributed by atoms with Gasteiger partial charge in [0, 0.05) is 6.07 Å². The lowest BCUT2D eigenvalue weighted by Crippen LogP contribution is -2.05. The molecule has 0 amide bonds. The van der Waals surface area contributed by atoms with Crippen molar-refractivity contribution in [3.05, 3.63) is 68.8 Å². The summed E-state index contributed by atoms with van der Waals surface area (Å²) >= 11 is 0. The molecule has 0 aliphatic heterocycles. The van der Waals surface area contributed by atoms with Gasteiger partial charge in [-0.15, -0.1) is 0 Å². The molecule has 0 heterocycles. The van der Waals surface area contributed by atoms with Crippen LogP contribution in [0.15, 0.2) is 36.4 Å². The van der Waals surface area contributed by atoms with Crippen LogP contribution in [0.1, 0.15) is 29.2 Å². The summed E-state index contributed by atoms with van der Waals surface area (Å²) in [6.07, 6.45) is 0.743. The minimum absolute atomic E-state index is 0.124. The van der Waals surface area contributed by atoms with Gasteiger partial charge in [0.25, 0.3) is 5.69 Å². The average molecular weight is 285 g/mol. The van der Waals surface area contributed by atoms with Crippen molar-refractivity contribution < 1.29 is 9.66 Å². The highest BCUT2D eigenvalue weighted by molar-refractivity contribution is 5.46. The summed E-state index contributed by atoms with van der Waals surface area (Å²) in [6, 6.07) is 11.1. The molecule has 2 aromatic rings. The van der Waals surface area contributed by atoms with Gasteiger partial charge >= 0.3 is 0 Å². The maximum Gasteiger partial charge on any atom is 0.276 e. The van der Waals surface area contributed by atoms with Gasteiger partial charge in [0.1, 0.15) is 12.4 Å². The lowest BCUT2D eigenvalue weighted by molar-refractivity contribution is -0.385. The molecule has 0 bridgehead atoms. The Bertz CT molecular complexity index is 665. The van der Waals surface area contributed by atoms with E-state index in [1.165, 1.54) is 11.6 Å². The van der Waals surface area contributed by atoms with E-state index in [1.54, 1.807) is 6.07 Å². The lowest BCUT2D eigenvalue weighted by Gasteiger charge is -2.12. The molecule has 0 saturated carbocycles. The summed E-state index contributed by atoms with van der Waals surface area (Å²) in [5, 5.41) is 11.2. The maximum absolute atomic E-state index is 11.2. The highest BCUT2D eigenvalue weighted by atomic mass is 16.6. The van der Waals surface area contributed by atoms with Crippen LogP contribution >= 0.6 is 0 Å². The molecule has 0 spiro atoms. The number of rotatable bonds is 5. The molecule has 0 unspecified atom stereocenters. The fourth-order valence-electron chi connectivity index (χ4n) is 2.40. The second-order valence-electron chi connectivity index (χ2n) is 5.08. The number of ether oxygens (including phenoxy) is 1. The molecule has 4 heteroatoms. The molecule has 2 aromatic carbocycles. The second kappa shape index (κ2) is 6.39. The zero-order valence-electron chi connectivity index (χ0n) is 12.6. The largest absolute Gasteiger partial charge is 0.488 e. The molecule has 0 fully saturated rings. The number of benzene rings is 2. The van der Waals surface area contributed by atoms with Crippen LogP contribution in [0.2, 0.25) is 0 Å². The SMILES string of the molecule is CCc1cccc([N+](=O)[O-])c1COc1ccc(C)cc1C. The van der Waals surface area contributed by atoms with E-state index < -0.39 is 0 Å². The van der Waals surface area contributed by atoms with Gasteiger partial charge in [-0.3, -0.25) is 10.1 Å². The van der Waals surface area contributed by atoms with Crippen LogP contribution < -0.4 is 4.74 Å². The highest BCUT2D eigenvalue weighted by Crippen LogP contribution is 2.26. The Hall–Kier alpha value is -2.36. The van der Waals surface area contributed by atoms with Crippen LogP contribution in [0.3, 0.4) is 0 Å². The minimum atomic E-state index is -0.347. The number of hydrogen-bond acceptors (Lipinski definition) is 3. The van der Waals surface area contributed by atoms with E-state index in [4.69, 9.17) is 4.74 Å². The Morgan fingerprint density at radius 3 is 2.57 bits per heavy atom. The monoisotopic (exact) mass is 285 g/mol. The Kier molecular flexibility index (Phi) is 4.58. The Labute approximate surface area is 124 Å². The van der Waals surface area contributed by atoms with E-state index in [-0.39, 0.29) is 17.2 Å². The molecule has 0 N–H and O–H groups in total. The molecule has 0 atom stereocenters. The minimum Gasteiger partial charge on any atom is -0.488 e. The summed E-state index contributed by atoms with van der Waals surface area (Å²) in [6.45, 7) is 6.19. The van der Waals surface area contributed by atoms with E-state index in [0.29, 0.717) is 5.56 Å². The normalized spacial score (nSPS) is 10.4. The Balaban J connectivity index is 2.28. The van der Waals surface area contributed by atoms with Crippen molar-refractivity contribution in [3.63, 3.8) is 0 Å². The van der Waals surface area contributed by atoms with E-state index in [2.05, 4.69) is 0 Å². The smallest absolute Gasteiger partial charge is 0.276 e. The van der Waals surface area contributed by atoms with Gasteiger partial charge in [-0.05, 0) is 37.5 Å². The van der Waals surface area contributed by atoms with Crippen molar-refractivity contribution >= 4 is 5.69 Å². The number of hydrogen-bond donors (Lipinski definition) is 0. The van der Waals surface area contributed by atoms with E-state index in [9.17, 15) is 10.1 Å². The number of nitro groups is 1. The van der Waals surface area contributed by atoms with Crippen LogP contribution in [0.25, 0.3) is 0 Å². The van der Waals surface area contributed by atoms with Crippen molar-refractivity contribution in [2.24, 2.45) is 0 Å². The lowest BCUT2D eigenvalue weighted by atomic mass is 10.0. The topological polar surface area (TPSA) is 52.4 Å². The second-order valence-corrected chi connectivity index (χ2v) is 5.08. The molecular formula is C17H19NO3. The van der Waals surface area contributed by atoms with E-state index in [1.807, 2.05) is 45.0 Å². The summed E-state index contributed by atoms with van der Waals surface area (Å²) in [5.74, 6) is 0.765. The van der Waals surface area contributed by atoms with E-state index in [0.717, 1.165) is 23.3 Å². The Morgan fingerprint density at radius 2 is 1.95 bits per heavy atom. The molecule has 0 saturated heterocycles. The third kappa shape index (κ3) is 3.40. The van der Waals surface area contributed by atoms with Crippen LogP contribution in [0.4, 0.5) is 5.69 Å². The van der Waals surface area contributed by atoms with Crippen molar-refractivity contribution in [2.75, 3.05) is 0 Å². The maximum atomic E-state index is 11.2. The van der Waals surface area contributed by atoms with E-state index >= 15 is 0 Å². The van der Waals surface area contributed by atoms with Crippen LogP contribution in [-0.2, 0) is 13.0 Å². The summed E-state index contributed by atoms with van der Waals surface area (Å²) in [4.78, 5) is 10.8. The molecule has 0 aliphatic carbocycles. The van der Waals surface area contributed by atoms with Crippen molar-refractivity contribution in [1.29, 1.82) is 0 Å². The van der Waals surface area contributed by atoms with Crippen LogP contribution in [0.5, 0.6) is 5.75 Å². The summed E-state index contributed by atoms with van der Waals surface area (Å²) < 4.78 is 5.81. The molecule has 21 heavy (non-hydrogen) atoms. The molecule has 0 radical (unpaired) electrons. The number of nitro benzene ring substituents is 1. The quantitative estimate of drug-likeness (QED) is 0.606. The third-order valence-corrected chi connectivity index (χ3v) is 3.53. The third-order valence-electron chi connectivity index (χ3n) is 3.53. The van der Waals surface area contributed by atoms with Gasteiger partial charge in [-0.1, -0.05) is 36.8 Å². The molecule has 0 aliphatic rings. The number of nitrogens with zero attached hydrogens (tertiary/aromatic N) is 1.